The van der Waals surface area contributed by atoms with Crippen LogP contribution in [0, 0.1) is 6.92 Å². The third-order valence-corrected chi connectivity index (χ3v) is 11.2. The molecule has 4 aromatic carbocycles. The molecule has 300 valence electrons. The topological polar surface area (TPSA) is 170 Å². The molecule has 4 amide bonds. The molecule has 1 unspecified atom stereocenters. The molecule has 58 heavy (non-hydrogen) atoms. The number of hydrogen-bond acceptors (Lipinski definition) is 11. The Morgan fingerprint density at radius 2 is 1.36 bits per heavy atom. The first-order valence-electron chi connectivity index (χ1n) is 17.8. The van der Waals surface area contributed by atoms with Crippen LogP contribution in [0.1, 0.15) is 54.9 Å². The van der Waals surface area contributed by atoms with Crippen LogP contribution in [-0.2, 0) is 14.3 Å². The molecule has 4 N–H and O–H groups in total. The van der Waals surface area contributed by atoms with Gasteiger partial charge in [0.2, 0.25) is 5.91 Å². The highest BCUT2D eigenvalue weighted by Crippen LogP contribution is 2.37. The first-order chi connectivity index (χ1) is 28.0. The van der Waals surface area contributed by atoms with Gasteiger partial charge in [-0.2, -0.15) is 0 Å². The van der Waals surface area contributed by atoms with Crippen LogP contribution in [-0.4, -0.2) is 63.3 Å². The van der Waals surface area contributed by atoms with Gasteiger partial charge in [-0.05, 0) is 73.5 Å². The Labute approximate surface area is 344 Å². The number of carbonyl (C=O) groups excluding carboxylic acids is 5. The molecule has 0 saturated heterocycles. The normalized spacial score (nSPS) is 11.4. The summed E-state index contributed by atoms with van der Waals surface area (Å²) in [6.07, 6.45) is 1.87. The molecular formula is C43H42N4O9S2. The number of methoxy groups -OCH3 is 4. The van der Waals surface area contributed by atoms with Crippen molar-refractivity contribution in [2.75, 3.05) is 44.4 Å². The summed E-state index contributed by atoms with van der Waals surface area (Å²) in [7, 11) is 5.67. The Morgan fingerprint density at radius 1 is 0.724 bits per heavy atom. The van der Waals surface area contributed by atoms with Crippen molar-refractivity contribution in [1.82, 2.24) is 5.32 Å². The molecule has 0 spiro atoms. The van der Waals surface area contributed by atoms with E-state index in [0.717, 1.165) is 11.3 Å². The minimum atomic E-state index is -0.690. The van der Waals surface area contributed by atoms with Crippen LogP contribution < -0.4 is 35.5 Å². The smallest absolute Gasteiger partial charge is 0.341 e. The zero-order chi connectivity index (χ0) is 41.8. The fraction of sp³-hybridized carbons (Fsp3) is 0.186. The molecule has 1 atom stereocenters. The number of anilines is 3. The lowest BCUT2D eigenvalue weighted by molar-refractivity contribution is -0.116. The maximum atomic E-state index is 13.9. The monoisotopic (exact) mass is 822 g/mol. The van der Waals surface area contributed by atoms with Gasteiger partial charge in [0.05, 0.1) is 44.1 Å². The Kier molecular flexibility index (Phi) is 14.7. The van der Waals surface area contributed by atoms with Gasteiger partial charge >= 0.3 is 5.97 Å². The lowest BCUT2D eigenvalue weighted by Crippen LogP contribution is -2.30. The molecule has 0 bridgehead atoms. The van der Waals surface area contributed by atoms with Gasteiger partial charge in [-0.3, -0.25) is 19.2 Å². The standard InChI is InChI=1S/C43H42N4O9S2/c1-7-35(40(50)47-42-36(43(52)56-6)25(2)37(58-42)41(51)44-28-17-12-9-13-18-28)57-30-20-14-19-29(23-30)45-39(49)31(46-38(48)26-15-10-8-11-16-26)21-27-22-33(54-4)34(55-5)24-32(27)53-3/h8-24,35H,7H2,1-6H3,(H,44,51)(H,45,49)(H,46,48)(H,47,50)/b31-21+. The molecule has 0 aliphatic rings. The van der Waals surface area contributed by atoms with E-state index in [1.165, 1.54) is 46.3 Å². The molecule has 13 nitrogen and oxygen atoms in total. The van der Waals surface area contributed by atoms with Crippen LogP contribution in [0.4, 0.5) is 16.4 Å². The number of hydrogen-bond donors (Lipinski definition) is 4. The minimum absolute atomic E-state index is 0.0901. The van der Waals surface area contributed by atoms with E-state index in [1.54, 1.807) is 97.9 Å². The van der Waals surface area contributed by atoms with Crippen molar-refractivity contribution < 1.29 is 42.9 Å². The van der Waals surface area contributed by atoms with Crippen molar-refractivity contribution in [3.05, 3.63) is 130 Å². The third-order valence-electron chi connectivity index (χ3n) is 8.61. The van der Waals surface area contributed by atoms with Gasteiger partial charge in [0, 0.05) is 33.5 Å². The summed E-state index contributed by atoms with van der Waals surface area (Å²) in [5.74, 6) is -1.51. The van der Waals surface area contributed by atoms with E-state index in [4.69, 9.17) is 18.9 Å². The first kappa shape index (κ1) is 42.6. The van der Waals surface area contributed by atoms with Crippen LogP contribution in [0.15, 0.2) is 108 Å². The highest BCUT2D eigenvalue weighted by atomic mass is 32.2. The Hall–Kier alpha value is -6.58. The molecule has 0 aliphatic carbocycles. The number of thiophene rings is 1. The second-order valence-electron chi connectivity index (χ2n) is 12.4. The van der Waals surface area contributed by atoms with Crippen LogP contribution in [0.25, 0.3) is 6.08 Å². The molecule has 0 fully saturated rings. The van der Waals surface area contributed by atoms with Gasteiger partial charge in [-0.15, -0.1) is 23.1 Å². The second kappa shape index (κ2) is 20.0. The molecule has 15 heteroatoms. The Balaban J connectivity index is 1.37. The summed E-state index contributed by atoms with van der Waals surface area (Å²) in [5, 5.41) is 10.8. The van der Waals surface area contributed by atoms with Gasteiger partial charge < -0.3 is 40.2 Å². The van der Waals surface area contributed by atoms with E-state index in [-0.39, 0.29) is 21.1 Å². The maximum Gasteiger partial charge on any atom is 0.341 e. The number of carbonyl (C=O) groups is 5. The predicted octanol–water partition coefficient (Wildman–Crippen LogP) is 8.04. The third kappa shape index (κ3) is 10.4. The number of esters is 1. The van der Waals surface area contributed by atoms with Crippen molar-refractivity contribution >= 4 is 75.1 Å². The average molecular weight is 823 g/mol. The number of ether oxygens (including phenoxy) is 4. The summed E-state index contributed by atoms with van der Waals surface area (Å²) in [6, 6.07) is 27.5. The van der Waals surface area contributed by atoms with Gasteiger partial charge in [-0.1, -0.05) is 49.4 Å². The largest absolute Gasteiger partial charge is 0.496 e. The fourth-order valence-corrected chi connectivity index (χ4v) is 7.77. The van der Waals surface area contributed by atoms with E-state index in [9.17, 15) is 24.0 Å². The second-order valence-corrected chi connectivity index (χ2v) is 14.7. The summed E-state index contributed by atoms with van der Waals surface area (Å²) < 4.78 is 21.4. The number of benzene rings is 4. The van der Waals surface area contributed by atoms with E-state index in [1.807, 2.05) is 13.0 Å². The summed E-state index contributed by atoms with van der Waals surface area (Å²) in [6.45, 7) is 3.47. The SMILES string of the molecule is CCC(Sc1cccc(NC(=O)/C(=C\c2cc(OC)c(OC)cc2OC)NC(=O)c2ccccc2)c1)C(=O)Nc1sc(C(=O)Nc2ccccc2)c(C)c1C(=O)OC. The molecule has 0 saturated carbocycles. The van der Waals surface area contributed by atoms with Crippen LogP contribution in [0.5, 0.6) is 17.2 Å². The van der Waals surface area contributed by atoms with Gasteiger partial charge in [0.1, 0.15) is 16.4 Å². The van der Waals surface area contributed by atoms with Crippen LogP contribution in [0.2, 0.25) is 0 Å². The van der Waals surface area contributed by atoms with Crippen molar-refractivity contribution in [2.24, 2.45) is 0 Å². The molecular weight excluding hydrogens is 781 g/mol. The fourth-order valence-electron chi connectivity index (χ4n) is 5.66. The molecule has 0 aliphatic heterocycles. The molecule has 5 aromatic rings. The molecule has 0 radical (unpaired) electrons. The predicted molar refractivity (Wildman–Crippen MR) is 226 cm³/mol. The average Bonchev–Trinajstić information content (AvgIpc) is 3.57. The zero-order valence-corrected chi connectivity index (χ0v) is 34.2. The zero-order valence-electron chi connectivity index (χ0n) is 32.6. The minimum Gasteiger partial charge on any atom is -0.496 e. The lowest BCUT2D eigenvalue weighted by atomic mass is 10.1. The van der Waals surface area contributed by atoms with Gasteiger partial charge in [0.25, 0.3) is 17.7 Å². The van der Waals surface area contributed by atoms with Crippen LogP contribution in [0.3, 0.4) is 0 Å². The first-order valence-corrected chi connectivity index (χ1v) is 19.5. The van der Waals surface area contributed by atoms with E-state index >= 15 is 0 Å². The molecule has 5 rings (SSSR count). The highest BCUT2D eigenvalue weighted by molar-refractivity contribution is 8.00. The quantitative estimate of drug-likeness (QED) is 0.0434. The number of thioether (sulfide) groups is 1. The van der Waals surface area contributed by atoms with Crippen molar-refractivity contribution in [1.29, 1.82) is 0 Å². The van der Waals surface area contributed by atoms with Crippen LogP contribution >= 0.6 is 23.1 Å². The van der Waals surface area contributed by atoms with E-state index in [0.29, 0.717) is 56.6 Å². The van der Waals surface area contributed by atoms with Crippen molar-refractivity contribution in [2.45, 2.75) is 30.4 Å². The number of nitrogens with one attached hydrogen (secondary N) is 4. The summed E-state index contributed by atoms with van der Waals surface area (Å²) in [4.78, 5) is 68.0. The Bertz CT molecular complexity index is 2330. The number of rotatable bonds is 16. The molecule has 1 heterocycles. The highest BCUT2D eigenvalue weighted by Gasteiger charge is 2.28. The maximum absolute atomic E-state index is 13.9. The summed E-state index contributed by atoms with van der Waals surface area (Å²) >= 11 is 2.23. The van der Waals surface area contributed by atoms with Crippen molar-refractivity contribution in [3.63, 3.8) is 0 Å². The van der Waals surface area contributed by atoms with E-state index in [2.05, 4.69) is 21.3 Å². The number of para-hydroxylation sites is 1. The summed E-state index contributed by atoms with van der Waals surface area (Å²) in [5.41, 5.74) is 2.12. The Morgan fingerprint density at radius 3 is 2.00 bits per heavy atom. The van der Waals surface area contributed by atoms with Gasteiger partial charge in [-0.25, -0.2) is 4.79 Å². The molecule has 1 aromatic heterocycles. The van der Waals surface area contributed by atoms with E-state index < -0.39 is 34.8 Å². The number of amides is 4. The van der Waals surface area contributed by atoms with Crippen molar-refractivity contribution in [3.8, 4) is 17.2 Å². The lowest BCUT2D eigenvalue weighted by Gasteiger charge is -2.16. The van der Waals surface area contributed by atoms with Gasteiger partial charge in [0.15, 0.2) is 11.5 Å².